The van der Waals surface area contributed by atoms with Crippen LogP contribution in [0.4, 0.5) is 19.0 Å². The van der Waals surface area contributed by atoms with Crippen molar-refractivity contribution in [2.75, 3.05) is 11.9 Å². The van der Waals surface area contributed by atoms with E-state index in [-0.39, 0.29) is 12.4 Å². The molecule has 0 amide bonds. The molecule has 74 valence electrons. The highest BCUT2D eigenvalue weighted by molar-refractivity contribution is 5.34. The summed E-state index contributed by atoms with van der Waals surface area (Å²) in [5.74, 6) is 0.138. The minimum Gasteiger partial charge on any atom is -0.356 e. The fourth-order valence-electron chi connectivity index (χ4n) is 0.708. The number of anilines is 1. The second kappa shape index (κ2) is 3.91. The first-order valence-corrected chi connectivity index (χ1v) is 3.56. The van der Waals surface area contributed by atoms with Crippen molar-refractivity contribution in [3.8, 4) is 6.07 Å². The van der Waals surface area contributed by atoms with Crippen LogP contribution in [0.3, 0.4) is 0 Å². The molecule has 4 nitrogen and oxygen atoms in total. The average Bonchev–Trinajstić information content (AvgIpc) is 2.14. The molecule has 0 aromatic carbocycles. The van der Waals surface area contributed by atoms with Crippen molar-refractivity contribution in [1.82, 2.24) is 10.2 Å². The number of rotatable bonds is 2. The molecule has 0 saturated heterocycles. The van der Waals surface area contributed by atoms with E-state index in [1.165, 1.54) is 0 Å². The van der Waals surface area contributed by atoms with Crippen LogP contribution in [0, 0.1) is 11.3 Å². The van der Waals surface area contributed by atoms with E-state index in [2.05, 4.69) is 15.5 Å². The second-order valence-corrected chi connectivity index (χ2v) is 2.31. The highest BCUT2D eigenvalue weighted by Gasteiger charge is 2.32. The molecule has 0 unspecified atom stereocenters. The summed E-state index contributed by atoms with van der Waals surface area (Å²) < 4.78 is 36.0. The van der Waals surface area contributed by atoms with Gasteiger partial charge in [-0.15, -0.1) is 10.2 Å². The van der Waals surface area contributed by atoms with Gasteiger partial charge in [-0.05, 0) is 12.1 Å². The lowest BCUT2D eigenvalue weighted by Crippen LogP contribution is -2.10. The van der Waals surface area contributed by atoms with Crippen molar-refractivity contribution in [3.63, 3.8) is 0 Å². The largest absolute Gasteiger partial charge is 0.435 e. The summed E-state index contributed by atoms with van der Waals surface area (Å²) in [5.41, 5.74) is -1.06. The van der Waals surface area contributed by atoms with Gasteiger partial charge in [-0.25, -0.2) is 0 Å². The quantitative estimate of drug-likeness (QED) is 0.737. The monoisotopic (exact) mass is 202 g/mol. The highest BCUT2D eigenvalue weighted by Crippen LogP contribution is 2.26. The molecular weight excluding hydrogens is 197 g/mol. The maximum Gasteiger partial charge on any atom is 0.435 e. The molecule has 1 rings (SSSR count). The number of nitriles is 1. The van der Waals surface area contributed by atoms with Crippen LogP contribution in [0.5, 0.6) is 0 Å². The summed E-state index contributed by atoms with van der Waals surface area (Å²) >= 11 is 0. The molecule has 0 aliphatic heterocycles. The summed E-state index contributed by atoms with van der Waals surface area (Å²) in [4.78, 5) is 0. The minimum atomic E-state index is -4.49. The zero-order valence-electron chi connectivity index (χ0n) is 6.84. The van der Waals surface area contributed by atoms with Gasteiger partial charge in [0.25, 0.3) is 0 Å². The van der Waals surface area contributed by atoms with Crippen molar-refractivity contribution in [2.24, 2.45) is 0 Å². The summed E-state index contributed by atoms with van der Waals surface area (Å²) in [6.07, 6.45) is -4.49. The van der Waals surface area contributed by atoms with Crippen molar-refractivity contribution in [1.29, 1.82) is 5.26 Å². The van der Waals surface area contributed by atoms with E-state index in [1.807, 2.05) is 0 Å². The van der Waals surface area contributed by atoms with Gasteiger partial charge in [0.2, 0.25) is 0 Å². The van der Waals surface area contributed by atoms with Crippen LogP contribution in [0.25, 0.3) is 0 Å². The van der Waals surface area contributed by atoms with Gasteiger partial charge in [0, 0.05) is 0 Å². The van der Waals surface area contributed by atoms with Crippen LogP contribution in [-0.4, -0.2) is 16.7 Å². The van der Waals surface area contributed by atoms with Crippen molar-refractivity contribution in [2.45, 2.75) is 6.18 Å². The van der Waals surface area contributed by atoms with Gasteiger partial charge in [0.05, 0.1) is 6.07 Å². The van der Waals surface area contributed by atoms with Gasteiger partial charge in [-0.2, -0.15) is 18.4 Å². The Balaban J connectivity index is 2.75. The molecule has 1 aromatic heterocycles. The number of aromatic nitrogens is 2. The first-order valence-electron chi connectivity index (χ1n) is 3.56. The van der Waals surface area contributed by atoms with Gasteiger partial charge < -0.3 is 5.32 Å². The fraction of sp³-hybridized carbons (Fsp3) is 0.286. The Labute approximate surface area is 77.4 Å². The molecular formula is C7H5F3N4. The van der Waals surface area contributed by atoms with Crippen LogP contribution < -0.4 is 5.32 Å². The van der Waals surface area contributed by atoms with Crippen molar-refractivity contribution < 1.29 is 13.2 Å². The highest BCUT2D eigenvalue weighted by atomic mass is 19.4. The molecule has 7 heteroatoms. The van der Waals surface area contributed by atoms with Crippen molar-refractivity contribution >= 4 is 5.82 Å². The number of hydrogen-bond acceptors (Lipinski definition) is 4. The predicted octanol–water partition coefficient (Wildman–Crippen LogP) is 1.43. The summed E-state index contributed by atoms with van der Waals surface area (Å²) in [6, 6.07) is 3.68. The normalized spacial score (nSPS) is 10.7. The Morgan fingerprint density at radius 2 is 2.07 bits per heavy atom. The topological polar surface area (TPSA) is 61.6 Å². The molecule has 1 aromatic rings. The Hall–Kier alpha value is -1.84. The summed E-state index contributed by atoms with van der Waals surface area (Å²) in [6.45, 7) is -0.0277. The fourth-order valence-corrected chi connectivity index (χ4v) is 0.708. The maximum atomic E-state index is 12.0. The van der Waals surface area contributed by atoms with E-state index in [0.29, 0.717) is 0 Å². The number of nitrogens with one attached hydrogen (secondary N) is 1. The number of nitrogens with zero attached hydrogens (tertiary/aromatic N) is 3. The zero-order chi connectivity index (χ0) is 10.6. The third-order valence-corrected chi connectivity index (χ3v) is 1.30. The van der Waals surface area contributed by atoms with Gasteiger partial charge in [-0.1, -0.05) is 0 Å². The molecule has 14 heavy (non-hydrogen) atoms. The van der Waals surface area contributed by atoms with E-state index in [4.69, 9.17) is 5.26 Å². The lowest BCUT2D eigenvalue weighted by molar-refractivity contribution is -0.141. The van der Waals surface area contributed by atoms with E-state index in [9.17, 15) is 13.2 Å². The molecule has 0 bridgehead atoms. The molecule has 0 aliphatic carbocycles. The smallest absolute Gasteiger partial charge is 0.356 e. The molecule has 0 aliphatic rings. The van der Waals surface area contributed by atoms with Crippen LogP contribution in [0.15, 0.2) is 12.1 Å². The lowest BCUT2D eigenvalue weighted by Gasteiger charge is -2.04. The SMILES string of the molecule is N#CCNc1ccc(C(F)(F)F)nn1. The van der Waals surface area contributed by atoms with Crippen LogP contribution >= 0.6 is 0 Å². The maximum absolute atomic E-state index is 12.0. The lowest BCUT2D eigenvalue weighted by atomic mass is 10.4. The minimum absolute atomic E-state index is 0.0277. The van der Waals surface area contributed by atoms with Gasteiger partial charge in [0.15, 0.2) is 5.69 Å². The number of alkyl halides is 3. The molecule has 0 atom stereocenters. The summed E-state index contributed by atoms with van der Waals surface area (Å²) in [7, 11) is 0. The van der Waals surface area contributed by atoms with Crippen LogP contribution in [0.1, 0.15) is 5.69 Å². The Kier molecular flexibility index (Phi) is 2.86. The third-order valence-electron chi connectivity index (χ3n) is 1.30. The Morgan fingerprint density at radius 1 is 1.36 bits per heavy atom. The standard InChI is InChI=1S/C7H5F3N4/c8-7(9,10)5-1-2-6(14-13-5)12-4-3-11/h1-2H,4H2,(H,12,14). The third kappa shape index (κ3) is 2.58. The molecule has 1 N–H and O–H groups in total. The first-order chi connectivity index (χ1) is 6.54. The van der Waals surface area contributed by atoms with Crippen molar-refractivity contribution in [3.05, 3.63) is 17.8 Å². The molecule has 0 spiro atoms. The molecule has 1 heterocycles. The molecule has 0 saturated carbocycles. The van der Waals surface area contributed by atoms with Gasteiger partial charge in [-0.3, -0.25) is 0 Å². The predicted molar refractivity (Wildman–Crippen MR) is 41.1 cm³/mol. The Bertz CT molecular complexity index is 337. The average molecular weight is 202 g/mol. The Morgan fingerprint density at radius 3 is 2.50 bits per heavy atom. The van der Waals surface area contributed by atoms with E-state index < -0.39 is 11.9 Å². The molecule has 0 radical (unpaired) electrons. The van der Waals surface area contributed by atoms with E-state index >= 15 is 0 Å². The van der Waals surface area contributed by atoms with Gasteiger partial charge in [0.1, 0.15) is 12.4 Å². The second-order valence-electron chi connectivity index (χ2n) is 2.31. The number of halogens is 3. The molecule has 0 fully saturated rings. The van der Waals surface area contributed by atoms with Crippen LogP contribution in [0.2, 0.25) is 0 Å². The van der Waals surface area contributed by atoms with Gasteiger partial charge >= 0.3 is 6.18 Å². The van der Waals surface area contributed by atoms with Crippen LogP contribution in [-0.2, 0) is 6.18 Å². The van der Waals surface area contributed by atoms with E-state index in [0.717, 1.165) is 12.1 Å². The zero-order valence-corrected chi connectivity index (χ0v) is 6.84. The first kappa shape index (κ1) is 10.2. The summed E-state index contributed by atoms with van der Waals surface area (Å²) in [5, 5.41) is 16.8. The van der Waals surface area contributed by atoms with E-state index in [1.54, 1.807) is 6.07 Å². The number of hydrogen-bond donors (Lipinski definition) is 1.